The fraction of sp³-hybridized carbons (Fsp3) is 0.500. The van der Waals surface area contributed by atoms with Gasteiger partial charge in [-0.3, -0.25) is 14.6 Å². The Morgan fingerprint density at radius 2 is 2.00 bits per heavy atom. The third kappa shape index (κ3) is 6.55. The van der Waals surface area contributed by atoms with Crippen LogP contribution in [-0.4, -0.2) is 23.5 Å². The minimum atomic E-state index is -0.337. The number of ether oxygens (including phenoxy) is 2. The van der Waals surface area contributed by atoms with Gasteiger partial charge in [-0.15, -0.1) is 0 Å². The summed E-state index contributed by atoms with van der Waals surface area (Å²) in [5, 5.41) is 0. The number of nitrogens with zero attached hydrogens (tertiary/aromatic N) is 1. The first-order valence-electron chi connectivity index (χ1n) is 6.31. The van der Waals surface area contributed by atoms with Gasteiger partial charge >= 0.3 is 11.9 Å². The molecule has 1 rings (SSSR count). The van der Waals surface area contributed by atoms with Crippen molar-refractivity contribution in [3.05, 3.63) is 30.1 Å². The Hall–Kier alpha value is -1.91. The summed E-state index contributed by atoms with van der Waals surface area (Å²) in [4.78, 5) is 25.9. The van der Waals surface area contributed by atoms with Gasteiger partial charge in [0.1, 0.15) is 6.10 Å². The van der Waals surface area contributed by atoms with Crippen LogP contribution in [-0.2, 0) is 19.1 Å². The maximum atomic E-state index is 11.1. The number of carbonyl (C=O) groups excluding carboxylic acids is 2. The topological polar surface area (TPSA) is 65.5 Å². The van der Waals surface area contributed by atoms with Gasteiger partial charge in [0.15, 0.2) is 0 Å². The number of carbonyl (C=O) groups is 2. The van der Waals surface area contributed by atoms with Gasteiger partial charge in [0, 0.05) is 20.0 Å². The standard InChI is InChI=1S/C14H19NO4/c1-11(16)18-10-6-4-8-14(19-12(2)17)13-7-3-5-9-15-13/h3,5,7,9,14H,4,6,8,10H2,1-2H3. The minimum absolute atomic E-state index is 0.277. The second-order valence-corrected chi connectivity index (χ2v) is 4.19. The number of hydrogen-bond donors (Lipinski definition) is 0. The van der Waals surface area contributed by atoms with Crippen LogP contribution in [0.3, 0.4) is 0 Å². The lowest BCUT2D eigenvalue weighted by Crippen LogP contribution is -2.10. The lowest BCUT2D eigenvalue weighted by atomic mass is 10.1. The minimum Gasteiger partial charge on any atom is -0.466 e. The first-order chi connectivity index (χ1) is 9.09. The predicted octanol–water partition coefficient (Wildman–Crippen LogP) is 2.42. The summed E-state index contributed by atoms with van der Waals surface area (Å²) in [5.74, 6) is -0.600. The molecule has 0 aromatic carbocycles. The van der Waals surface area contributed by atoms with Crippen molar-refractivity contribution in [3.63, 3.8) is 0 Å². The van der Waals surface area contributed by atoms with E-state index in [1.54, 1.807) is 6.20 Å². The average Bonchev–Trinajstić information content (AvgIpc) is 2.37. The third-order valence-corrected chi connectivity index (χ3v) is 2.49. The molecule has 0 amide bonds. The lowest BCUT2D eigenvalue weighted by Gasteiger charge is -2.16. The van der Waals surface area contributed by atoms with Crippen molar-refractivity contribution >= 4 is 11.9 Å². The molecule has 0 aliphatic heterocycles. The van der Waals surface area contributed by atoms with E-state index < -0.39 is 0 Å². The van der Waals surface area contributed by atoms with Crippen LogP contribution in [0.1, 0.15) is 44.9 Å². The Balaban J connectivity index is 2.43. The van der Waals surface area contributed by atoms with E-state index in [0.717, 1.165) is 18.5 Å². The molecule has 1 heterocycles. The highest BCUT2D eigenvalue weighted by Gasteiger charge is 2.15. The van der Waals surface area contributed by atoms with Crippen molar-refractivity contribution in [2.24, 2.45) is 0 Å². The number of pyridine rings is 1. The third-order valence-electron chi connectivity index (χ3n) is 2.49. The maximum Gasteiger partial charge on any atom is 0.303 e. The molecular formula is C14H19NO4. The van der Waals surface area contributed by atoms with E-state index >= 15 is 0 Å². The molecule has 1 aromatic rings. The first kappa shape index (κ1) is 15.1. The first-order valence-corrected chi connectivity index (χ1v) is 6.31. The van der Waals surface area contributed by atoms with Gasteiger partial charge < -0.3 is 9.47 Å². The van der Waals surface area contributed by atoms with Gasteiger partial charge in [-0.2, -0.15) is 0 Å². The number of hydrogen-bond acceptors (Lipinski definition) is 5. The molecule has 5 nitrogen and oxygen atoms in total. The van der Waals surface area contributed by atoms with Gasteiger partial charge in [0.05, 0.1) is 12.3 Å². The van der Waals surface area contributed by atoms with Crippen LogP contribution in [0.25, 0.3) is 0 Å². The Labute approximate surface area is 112 Å². The summed E-state index contributed by atoms with van der Waals surface area (Å²) in [6.07, 6.45) is 3.53. The highest BCUT2D eigenvalue weighted by Crippen LogP contribution is 2.21. The zero-order valence-electron chi connectivity index (χ0n) is 11.3. The maximum absolute atomic E-state index is 11.1. The van der Waals surface area contributed by atoms with E-state index in [9.17, 15) is 9.59 Å². The molecule has 0 N–H and O–H groups in total. The van der Waals surface area contributed by atoms with Crippen molar-refractivity contribution in [2.75, 3.05) is 6.61 Å². The van der Waals surface area contributed by atoms with E-state index in [4.69, 9.17) is 9.47 Å². The molecule has 1 aromatic heterocycles. The van der Waals surface area contributed by atoms with Crippen LogP contribution >= 0.6 is 0 Å². The monoisotopic (exact) mass is 265 g/mol. The van der Waals surface area contributed by atoms with Crippen molar-refractivity contribution in [3.8, 4) is 0 Å². The number of unbranched alkanes of at least 4 members (excludes halogenated alkanes) is 1. The van der Waals surface area contributed by atoms with Crippen molar-refractivity contribution < 1.29 is 19.1 Å². The van der Waals surface area contributed by atoms with Crippen LogP contribution in [0, 0.1) is 0 Å². The Bertz CT molecular complexity index is 405. The van der Waals surface area contributed by atoms with Gasteiger partial charge in [0.2, 0.25) is 0 Å². The second-order valence-electron chi connectivity index (χ2n) is 4.19. The molecule has 19 heavy (non-hydrogen) atoms. The van der Waals surface area contributed by atoms with E-state index in [0.29, 0.717) is 13.0 Å². The van der Waals surface area contributed by atoms with Crippen molar-refractivity contribution in [2.45, 2.75) is 39.2 Å². The average molecular weight is 265 g/mol. The van der Waals surface area contributed by atoms with Crippen molar-refractivity contribution in [1.29, 1.82) is 0 Å². The van der Waals surface area contributed by atoms with E-state index in [1.807, 2.05) is 18.2 Å². The summed E-state index contributed by atoms with van der Waals surface area (Å²) in [6.45, 7) is 3.16. The summed E-state index contributed by atoms with van der Waals surface area (Å²) in [7, 11) is 0. The van der Waals surface area contributed by atoms with Gasteiger partial charge in [0.25, 0.3) is 0 Å². The summed E-state index contributed by atoms with van der Waals surface area (Å²) in [5.41, 5.74) is 0.741. The molecular weight excluding hydrogens is 246 g/mol. The fourth-order valence-electron chi connectivity index (χ4n) is 1.68. The number of aromatic nitrogens is 1. The van der Waals surface area contributed by atoms with Crippen LogP contribution in [0.15, 0.2) is 24.4 Å². The normalized spacial score (nSPS) is 11.7. The van der Waals surface area contributed by atoms with Crippen molar-refractivity contribution in [1.82, 2.24) is 4.98 Å². The second kappa shape index (κ2) is 8.24. The summed E-state index contributed by atoms with van der Waals surface area (Å²) in [6, 6.07) is 5.51. The largest absolute Gasteiger partial charge is 0.466 e. The predicted molar refractivity (Wildman–Crippen MR) is 69.2 cm³/mol. The smallest absolute Gasteiger partial charge is 0.303 e. The van der Waals surface area contributed by atoms with E-state index in [1.165, 1.54) is 13.8 Å². The molecule has 0 radical (unpaired) electrons. The zero-order chi connectivity index (χ0) is 14.1. The highest BCUT2D eigenvalue weighted by molar-refractivity contribution is 5.66. The van der Waals surface area contributed by atoms with Gasteiger partial charge in [-0.05, 0) is 31.4 Å². The summed E-state index contributed by atoms with van der Waals surface area (Å²) >= 11 is 0. The molecule has 0 fully saturated rings. The Morgan fingerprint density at radius 1 is 1.21 bits per heavy atom. The van der Waals surface area contributed by atoms with Crippen LogP contribution in [0.2, 0.25) is 0 Å². The number of rotatable bonds is 7. The highest BCUT2D eigenvalue weighted by atomic mass is 16.5. The Kier molecular flexibility index (Phi) is 6.57. The molecule has 0 saturated carbocycles. The quantitative estimate of drug-likeness (QED) is 0.559. The van der Waals surface area contributed by atoms with Crippen LogP contribution < -0.4 is 0 Å². The molecule has 0 spiro atoms. The van der Waals surface area contributed by atoms with E-state index in [2.05, 4.69) is 4.98 Å². The van der Waals surface area contributed by atoms with Gasteiger partial charge in [-0.25, -0.2) is 0 Å². The SMILES string of the molecule is CC(=O)OCCCCC(OC(C)=O)c1ccccn1. The van der Waals surface area contributed by atoms with E-state index in [-0.39, 0.29) is 18.0 Å². The Morgan fingerprint density at radius 3 is 2.58 bits per heavy atom. The lowest BCUT2D eigenvalue weighted by molar-refractivity contribution is -0.147. The molecule has 0 saturated heterocycles. The van der Waals surface area contributed by atoms with Crippen LogP contribution in [0.5, 0.6) is 0 Å². The molecule has 0 aliphatic rings. The molecule has 0 bridgehead atoms. The van der Waals surface area contributed by atoms with Gasteiger partial charge in [-0.1, -0.05) is 6.07 Å². The van der Waals surface area contributed by atoms with Crippen LogP contribution in [0.4, 0.5) is 0 Å². The number of esters is 2. The summed E-state index contributed by atoms with van der Waals surface area (Å²) < 4.78 is 10.1. The molecule has 0 aliphatic carbocycles. The molecule has 1 unspecified atom stereocenters. The zero-order valence-corrected chi connectivity index (χ0v) is 11.3. The molecule has 5 heteroatoms. The molecule has 104 valence electrons. The molecule has 1 atom stereocenters. The fourth-order valence-corrected chi connectivity index (χ4v) is 1.68.